The van der Waals surface area contributed by atoms with Crippen LogP contribution in [0.1, 0.15) is 16.8 Å². The predicted molar refractivity (Wildman–Crippen MR) is 64.7 cm³/mol. The number of amides is 1. The van der Waals surface area contributed by atoms with Gasteiger partial charge in [-0.25, -0.2) is 4.39 Å². The Morgan fingerprint density at radius 2 is 2.19 bits per heavy atom. The van der Waals surface area contributed by atoms with Gasteiger partial charge in [-0.2, -0.15) is 0 Å². The van der Waals surface area contributed by atoms with Crippen LogP contribution in [0.4, 0.5) is 4.39 Å². The van der Waals surface area contributed by atoms with Gasteiger partial charge in [0.05, 0.1) is 5.56 Å². The Bertz CT molecular complexity index is 361. The number of halogens is 3. The SMILES string of the molecule is Cl.NCCCNC(=O)c1cc(Cl)ccc1F. The number of benzene rings is 1. The van der Waals surface area contributed by atoms with E-state index in [1.165, 1.54) is 18.2 Å². The maximum Gasteiger partial charge on any atom is 0.254 e. The van der Waals surface area contributed by atoms with Crippen molar-refractivity contribution in [3.05, 3.63) is 34.6 Å². The summed E-state index contributed by atoms with van der Waals surface area (Å²) in [5.41, 5.74) is 5.22. The lowest BCUT2D eigenvalue weighted by Gasteiger charge is -2.05. The Hall–Kier alpha value is -0.840. The summed E-state index contributed by atoms with van der Waals surface area (Å²) in [4.78, 5) is 11.4. The molecule has 0 radical (unpaired) electrons. The second kappa shape index (κ2) is 7.44. The molecule has 1 amide bonds. The van der Waals surface area contributed by atoms with Gasteiger partial charge in [-0.3, -0.25) is 4.79 Å². The van der Waals surface area contributed by atoms with Crippen LogP contribution in [0.2, 0.25) is 5.02 Å². The van der Waals surface area contributed by atoms with Crippen LogP contribution in [0.25, 0.3) is 0 Å². The van der Waals surface area contributed by atoms with Crippen LogP contribution >= 0.6 is 24.0 Å². The van der Waals surface area contributed by atoms with Crippen molar-refractivity contribution in [2.45, 2.75) is 6.42 Å². The van der Waals surface area contributed by atoms with Crippen LogP contribution in [-0.2, 0) is 0 Å². The van der Waals surface area contributed by atoms with E-state index in [-0.39, 0.29) is 18.0 Å². The van der Waals surface area contributed by atoms with E-state index >= 15 is 0 Å². The summed E-state index contributed by atoms with van der Waals surface area (Å²) in [6, 6.07) is 3.86. The molecule has 0 aromatic heterocycles. The third-order valence-electron chi connectivity index (χ3n) is 1.84. The topological polar surface area (TPSA) is 55.1 Å². The van der Waals surface area contributed by atoms with E-state index in [2.05, 4.69) is 5.32 Å². The van der Waals surface area contributed by atoms with Gasteiger partial charge in [0, 0.05) is 11.6 Å². The third-order valence-corrected chi connectivity index (χ3v) is 2.07. The number of hydrogen-bond donors (Lipinski definition) is 2. The fourth-order valence-electron chi connectivity index (χ4n) is 1.07. The van der Waals surface area contributed by atoms with Gasteiger partial charge < -0.3 is 11.1 Å². The Balaban J connectivity index is 0.00000225. The van der Waals surface area contributed by atoms with Crippen molar-refractivity contribution in [3.63, 3.8) is 0 Å². The lowest BCUT2D eigenvalue weighted by Crippen LogP contribution is -2.26. The van der Waals surface area contributed by atoms with Gasteiger partial charge in [0.1, 0.15) is 5.82 Å². The molecule has 1 aromatic carbocycles. The highest BCUT2D eigenvalue weighted by molar-refractivity contribution is 6.30. The number of nitrogens with one attached hydrogen (secondary N) is 1. The summed E-state index contributed by atoms with van der Waals surface area (Å²) < 4.78 is 13.2. The van der Waals surface area contributed by atoms with E-state index in [0.717, 1.165) is 0 Å². The second-order valence-corrected chi connectivity index (χ2v) is 3.46. The molecular weight excluding hydrogens is 254 g/mol. The minimum absolute atomic E-state index is 0. The minimum Gasteiger partial charge on any atom is -0.352 e. The number of carbonyl (C=O) groups excluding carboxylic acids is 1. The van der Waals surface area contributed by atoms with Crippen molar-refractivity contribution in [3.8, 4) is 0 Å². The lowest BCUT2D eigenvalue weighted by molar-refractivity contribution is 0.0949. The zero-order valence-corrected chi connectivity index (χ0v) is 10.1. The van der Waals surface area contributed by atoms with E-state index in [4.69, 9.17) is 17.3 Å². The first kappa shape index (κ1) is 15.2. The average Bonchev–Trinajstić information content (AvgIpc) is 2.22. The van der Waals surface area contributed by atoms with E-state index in [9.17, 15) is 9.18 Å². The first-order chi connectivity index (χ1) is 7.15. The zero-order chi connectivity index (χ0) is 11.3. The molecule has 0 heterocycles. The van der Waals surface area contributed by atoms with Crippen LogP contribution < -0.4 is 11.1 Å². The molecule has 0 bridgehead atoms. The first-order valence-electron chi connectivity index (χ1n) is 4.58. The number of hydrogen-bond acceptors (Lipinski definition) is 2. The zero-order valence-electron chi connectivity index (χ0n) is 8.50. The highest BCUT2D eigenvalue weighted by Crippen LogP contribution is 2.14. The molecule has 3 N–H and O–H groups in total. The Labute approximate surface area is 105 Å². The standard InChI is InChI=1S/C10H12ClFN2O.ClH/c11-7-2-3-9(12)8(6-7)10(15)14-5-1-4-13;/h2-3,6H,1,4-5,13H2,(H,14,15);1H. The van der Waals surface area contributed by atoms with Gasteiger partial charge in [-0.1, -0.05) is 11.6 Å². The quantitative estimate of drug-likeness (QED) is 0.819. The van der Waals surface area contributed by atoms with Crippen molar-refractivity contribution in [1.29, 1.82) is 0 Å². The molecule has 0 saturated heterocycles. The molecule has 0 aliphatic carbocycles. The summed E-state index contributed by atoms with van der Waals surface area (Å²) >= 11 is 5.66. The highest BCUT2D eigenvalue weighted by atomic mass is 35.5. The average molecular weight is 267 g/mol. The van der Waals surface area contributed by atoms with Gasteiger partial charge in [-0.15, -0.1) is 12.4 Å². The number of nitrogens with two attached hydrogens (primary N) is 1. The van der Waals surface area contributed by atoms with E-state index < -0.39 is 11.7 Å². The predicted octanol–water partition coefficient (Wildman–Crippen LogP) is 1.98. The molecule has 0 saturated carbocycles. The van der Waals surface area contributed by atoms with Gasteiger partial charge in [0.15, 0.2) is 0 Å². The van der Waals surface area contributed by atoms with E-state index in [1.54, 1.807) is 0 Å². The molecule has 1 rings (SSSR count). The first-order valence-corrected chi connectivity index (χ1v) is 4.96. The molecule has 0 unspecified atom stereocenters. The van der Waals surface area contributed by atoms with E-state index in [0.29, 0.717) is 24.5 Å². The monoisotopic (exact) mass is 266 g/mol. The summed E-state index contributed by atoms with van der Waals surface area (Å²) in [6.45, 7) is 0.916. The van der Waals surface area contributed by atoms with Crippen LogP contribution in [0.3, 0.4) is 0 Å². The molecule has 1 aromatic rings. The van der Waals surface area contributed by atoms with Gasteiger partial charge in [0.25, 0.3) is 5.91 Å². The fraction of sp³-hybridized carbons (Fsp3) is 0.300. The maximum atomic E-state index is 13.2. The number of carbonyl (C=O) groups is 1. The fourth-order valence-corrected chi connectivity index (χ4v) is 1.24. The van der Waals surface area contributed by atoms with Crippen molar-refractivity contribution in [2.24, 2.45) is 5.73 Å². The molecule has 0 atom stereocenters. The Kier molecular flexibility index (Phi) is 7.05. The molecule has 16 heavy (non-hydrogen) atoms. The molecule has 0 aliphatic rings. The van der Waals surface area contributed by atoms with Crippen molar-refractivity contribution < 1.29 is 9.18 Å². The molecule has 0 fully saturated rings. The third kappa shape index (κ3) is 4.35. The molecule has 6 heteroatoms. The van der Waals surface area contributed by atoms with Crippen LogP contribution in [0.5, 0.6) is 0 Å². The van der Waals surface area contributed by atoms with Crippen LogP contribution in [-0.4, -0.2) is 19.0 Å². The molecule has 90 valence electrons. The lowest BCUT2D eigenvalue weighted by atomic mass is 10.2. The van der Waals surface area contributed by atoms with Crippen molar-refractivity contribution >= 4 is 29.9 Å². The Morgan fingerprint density at radius 3 is 2.81 bits per heavy atom. The maximum absolute atomic E-state index is 13.2. The summed E-state index contributed by atoms with van der Waals surface area (Å²) in [7, 11) is 0. The van der Waals surface area contributed by atoms with Gasteiger partial charge in [0.2, 0.25) is 0 Å². The molecular formula is C10H13Cl2FN2O. The molecule has 0 aliphatic heterocycles. The smallest absolute Gasteiger partial charge is 0.254 e. The minimum atomic E-state index is -0.579. The van der Waals surface area contributed by atoms with Crippen LogP contribution in [0.15, 0.2) is 18.2 Å². The Morgan fingerprint density at radius 1 is 1.50 bits per heavy atom. The summed E-state index contributed by atoms with van der Waals surface area (Å²) in [5.74, 6) is -1.05. The van der Waals surface area contributed by atoms with Gasteiger partial charge >= 0.3 is 0 Å². The second-order valence-electron chi connectivity index (χ2n) is 3.02. The normalized spacial score (nSPS) is 9.44. The molecule has 3 nitrogen and oxygen atoms in total. The van der Waals surface area contributed by atoms with Crippen LogP contribution in [0, 0.1) is 5.82 Å². The molecule has 0 spiro atoms. The van der Waals surface area contributed by atoms with Crippen molar-refractivity contribution in [2.75, 3.05) is 13.1 Å². The van der Waals surface area contributed by atoms with Gasteiger partial charge in [-0.05, 0) is 31.2 Å². The summed E-state index contributed by atoms with van der Waals surface area (Å²) in [6.07, 6.45) is 0.661. The van der Waals surface area contributed by atoms with Crippen molar-refractivity contribution in [1.82, 2.24) is 5.32 Å². The largest absolute Gasteiger partial charge is 0.352 e. The van der Waals surface area contributed by atoms with E-state index in [1.807, 2.05) is 0 Å². The summed E-state index contributed by atoms with van der Waals surface area (Å²) in [5, 5.41) is 2.88. The highest BCUT2D eigenvalue weighted by Gasteiger charge is 2.11. The number of rotatable bonds is 4.